The third-order valence-electron chi connectivity index (χ3n) is 0.666. The standard InChI is InChI=1S/C4H10BrN.ClH/c1-4(2-5)3-6;/h4H,2-3,6H2,1H3;1H/t4-;/m1./s1. The summed E-state index contributed by atoms with van der Waals surface area (Å²) in [6, 6.07) is 0. The second kappa shape index (κ2) is 6.73. The Labute approximate surface area is 59.2 Å². The maximum atomic E-state index is 5.25. The average molecular weight is 188 g/mol. The average Bonchev–Trinajstić information content (AvgIpc) is 1.65. The van der Waals surface area contributed by atoms with E-state index in [2.05, 4.69) is 22.9 Å². The van der Waals surface area contributed by atoms with Gasteiger partial charge in [0.1, 0.15) is 0 Å². The Morgan fingerprint density at radius 2 is 2.14 bits per heavy atom. The van der Waals surface area contributed by atoms with Crippen LogP contribution in [0.4, 0.5) is 0 Å². The van der Waals surface area contributed by atoms with E-state index in [1.54, 1.807) is 0 Å². The van der Waals surface area contributed by atoms with E-state index >= 15 is 0 Å². The number of halogens is 2. The lowest BCUT2D eigenvalue weighted by Gasteiger charge is -1.97. The SMILES string of the molecule is C[C@@H](CN)CBr.Cl. The van der Waals surface area contributed by atoms with Crippen LogP contribution in [0.2, 0.25) is 0 Å². The first kappa shape index (κ1) is 10.7. The van der Waals surface area contributed by atoms with E-state index in [0.29, 0.717) is 5.92 Å². The number of rotatable bonds is 2. The van der Waals surface area contributed by atoms with Crippen LogP contribution in [0.3, 0.4) is 0 Å². The van der Waals surface area contributed by atoms with Crippen molar-refractivity contribution in [3.8, 4) is 0 Å². The Balaban J connectivity index is 0. The van der Waals surface area contributed by atoms with E-state index in [1.165, 1.54) is 0 Å². The number of alkyl halides is 1. The van der Waals surface area contributed by atoms with Gasteiger partial charge >= 0.3 is 0 Å². The van der Waals surface area contributed by atoms with Crippen molar-refractivity contribution < 1.29 is 0 Å². The highest BCUT2D eigenvalue weighted by Crippen LogP contribution is 1.94. The van der Waals surface area contributed by atoms with Gasteiger partial charge in [-0.1, -0.05) is 22.9 Å². The lowest BCUT2D eigenvalue weighted by atomic mass is 10.2. The summed E-state index contributed by atoms with van der Waals surface area (Å²) in [7, 11) is 0. The third kappa shape index (κ3) is 6.73. The Bertz CT molecular complexity index is 30.9. The normalized spacial score (nSPS) is 12.4. The second-order valence-corrected chi connectivity index (χ2v) is 2.14. The van der Waals surface area contributed by atoms with Crippen molar-refractivity contribution in [2.75, 3.05) is 11.9 Å². The van der Waals surface area contributed by atoms with Crippen LogP contribution in [0.5, 0.6) is 0 Å². The van der Waals surface area contributed by atoms with Crippen LogP contribution < -0.4 is 5.73 Å². The van der Waals surface area contributed by atoms with Crippen molar-refractivity contribution in [2.24, 2.45) is 11.7 Å². The molecule has 0 fully saturated rings. The Morgan fingerprint density at radius 1 is 1.71 bits per heavy atom. The topological polar surface area (TPSA) is 26.0 Å². The lowest BCUT2D eigenvalue weighted by Crippen LogP contribution is -2.10. The first-order valence-corrected chi connectivity index (χ1v) is 3.19. The summed E-state index contributed by atoms with van der Waals surface area (Å²) in [6.07, 6.45) is 0. The van der Waals surface area contributed by atoms with Gasteiger partial charge in [0, 0.05) is 5.33 Å². The van der Waals surface area contributed by atoms with Crippen LogP contribution in [0.15, 0.2) is 0 Å². The molecule has 1 nitrogen and oxygen atoms in total. The van der Waals surface area contributed by atoms with Gasteiger partial charge in [-0.15, -0.1) is 12.4 Å². The quantitative estimate of drug-likeness (QED) is 0.652. The van der Waals surface area contributed by atoms with Crippen LogP contribution in [0.1, 0.15) is 6.92 Å². The fourth-order valence-corrected chi connectivity index (χ4v) is 0.327. The van der Waals surface area contributed by atoms with E-state index < -0.39 is 0 Å². The molecule has 0 bridgehead atoms. The Kier molecular flexibility index (Phi) is 10.3. The Hall–Kier alpha value is 0.730. The highest BCUT2D eigenvalue weighted by molar-refractivity contribution is 9.09. The molecule has 0 aromatic carbocycles. The fraction of sp³-hybridized carbons (Fsp3) is 1.00. The maximum absolute atomic E-state index is 5.25. The molecular weight excluding hydrogens is 177 g/mol. The van der Waals surface area contributed by atoms with Crippen LogP contribution in [-0.4, -0.2) is 11.9 Å². The summed E-state index contributed by atoms with van der Waals surface area (Å²) in [4.78, 5) is 0. The monoisotopic (exact) mass is 187 g/mol. The van der Waals surface area contributed by atoms with Gasteiger partial charge in [0.05, 0.1) is 0 Å². The molecular formula is C4H11BrClN. The molecule has 2 N–H and O–H groups in total. The van der Waals surface area contributed by atoms with E-state index in [4.69, 9.17) is 5.73 Å². The first-order valence-electron chi connectivity index (χ1n) is 2.07. The minimum absolute atomic E-state index is 0. The molecule has 46 valence electrons. The molecule has 0 radical (unpaired) electrons. The number of nitrogens with two attached hydrogens (primary N) is 1. The number of hydrogen-bond acceptors (Lipinski definition) is 1. The first-order chi connectivity index (χ1) is 2.81. The molecule has 0 unspecified atom stereocenters. The largest absolute Gasteiger partial charge is 0.330 e. The van der Waals surface area contributed by atoms with Crippen LogP contribution in [-0.2, 0) is 0 Å². The predicted octanol–water partition coefficient (Wildman–Crippen LogP) is 1.40. The summed E-state index contributed by atoms with van der Waals surface area (Å²) in [6.45, 7) is 2.89. The third-order valence-corrected chi connectivity index (χ3v) is 1.77. The summed E-state index contributed by atoms with van der Waals surface area (Å²) >= 11 is 3.29. The Morgan fingerprint density at radius 3 is 2.14 bits per heavy atom. The van der Waals surface area contributed by atoms with E-state index in [0.717, 1.165) is 11.9 Å². The maximum Gasteiger partial charge on any atom is 0.00690 e. The zero-order valence-corrected chi connectivity index (χ0v) is 6.76. The molecule has 0 aliphatic heterocycles. The highest BCUT2D eigenvalue weighted by atomic mass is 79.9. The van der Waals surface area contributed by atoms with Crippen molar-refractivity contribution in [3.63, 3.8) is 0 Å². The van der Waals surface area contributed by atoms with Crippen molar-refractivity contribution in [3.05, 3.63) is 0 Å². The van der Waals surface area contributed by atoms with Crippen LogP contribution >= 0.6 is 28.3 Å². The van der Waals surface area contributed by atoms with Crippen molar-refractivity contribution >= 4 is 28.3 Å². The van der Waals surface area contributed by atoms with E-state index in [1.807, 2.05) is 0 Å². The molecule has 1 atom stereocenters. The molecule has 0 aromatic heterocycles. The molecule has 7 heavy (non-hydrogen) atoms. The molecule has 0 aliphatic carbocycles. The van der Waals surface area contributed by atoms with Gasteiger partial charge in [-0.3, -0.25) is 0 Å². The van der Waals surface area contributed by atoms with E-state index in [-0.39, 0.29) is 12.4 Å². The van der Waals surface area contributed by atoms with Crippen molar-refractivity contribution in [2.45, 2.75) is 6.92 Å². The van der Waals surface area contributed by atoms with Crippen molar-refractivity contribution in [1.29, 1.82) is 0 Å². The zero-order chi connectivity index (χ0) is 4.99. The van der Waals surface area contributed by atoms with Gasteiger partial charge in [-0.25, -0.2) is 0 Å². The summed E-state index contributed by atoms with van der Waals surface area (Å²) < 4.78 is 0. The number of hydrogen-bond donors (Lipinski definition) is 1. The molecule has 0 aromatic rings. The van der Waals surface area contributed by atoms with Crippen LogP contribution in [0.25, 0.3) is 0 Å². The summed E-state index contributed by atoms with van der Waals surface area (Å²) in [5, 5.41) is 1.02. The minimum atomic E-state index is 0. The molecule has 3 heteroatoms. The molecule has 0 rings (SSSR count). The lowest BCUT2D eigenvalue weighted by molar-refractivity contribution is 0.680. The second-order valence-electron chi connectivity index (χ2n) is 1.50. The van der Waals surface area contributed by atoms with Gasteiger partial charge in [0.15, 0.2) is 0 Å². The van der Waals surface area contributed by atoms with Gasteiger partial charge in [0.25, 0.3) is 0 Å². The van der Waals surface area contributed by atoms with Crippen molar-refractivity contribution in [1.82, 2.24) is 0 Å². The molecule has 0 amide bonds. The van der Waals surface area contributed by atoms with Gasteiger partial charge in [0.2, 0.25) is 0 Å². The molecule has 0 saturated heterocycles. The van der Waals surface area contributed by atoms with Gasteiger partial charge < -0.3 is 5.73 Å². The smallest absolute Gasteiger partial charge is 0.00690 e. The molecule has 0 saturated carbocycles. The summed E-state index contributed by atoms with van der Waals surface area (Å²) in [5.74, 6) is 0.630. The van der Waals surface area contributed by atoms with E-state index in [9.17, 15) is 0 Å². The van der Waals surface area contributed by atoms with Gasteiger partial charge in [-0.2, -0.15) is 0 Å². The van der Waals surface area contributed by atoms with Crippen LogP contribution in [0, 0.1) is 5.92 Å². The molecule has 0 heterocycles. The molecule has 0 spiro atoms. The minimum Gasteiger partial charge on any atom is -0.330 e. The molecule has 0 aliphatic rings. The zero-order valence-electron chi connectivity index (χ0n) is 4.36. The fourth-order valence-electron chi connectivity index (χ4n) is 0.0630. The van der Waals surface area contributed by atoms with Gasteiger partial charge in [-0.05, 0) is 12.5 Å². The summed E-state index contributed by atoms with van der Waals surface area (Å²) in [5.41, 5.74) is 5.25. The predicted molar refractivity (Wildman–Crippen MR) is 39.3 cm³/mol. The highest BCUT2D eigenvalue weighted by Gasteiger charge is 1.90.